The van der Waals surface area contributed by atoms with Crippen molar-refractivity contribution in [1.29, 1.82) is 0 Å². The van der Waals surface area contributed by atoms with Crippen LogP contribution in [0, 0.1) is 11.7 Å². The zero-order chi connectivity index (χ0) is 21.4. The van der Waals surface area contributed by atoms with E-state index in [2.05, 4.69) is 10.6 Å². The van der Waals surface area contributed by atoms with Crippen LogP contribution in [-0.4, -0.2) is 48.1 Å². The van der Waals surface area contributed by atoms with Gasteiger partial charge in [-0.2, -0.15) is 0 Å². The molecule has 0 saturated carbocycles. The third-order valence-corrected chi connectivity index (χ3v) is 5.73. The van der Waals surface area contributed by atoms with Gasteiger partial charge in [-0.3, -0.25) is 4.79 Å². The molecule has 6 nitrogen and oxygen atoms in total. The number of carbonyl (C=O) groups is 2. The molecule has 29 heavy (non-hydrogen) atoms. The minimum absolute atomic E-state index is 0.0452. The van der Waals surface area contributed by atoms with E-state index in [-0.39, 0.29) is 34.9 Å². The van der Waals surface area contributed by atoms with Crippen molar-refractivity contribution in [3.05, 3.63) is 34.6 Å². The number of piperidine rings is 1. The molecule has 0 aromatic heterocycles. The van der Waals surface area contributed by atoms with Gasteiger partial charge >= 0.3 is 6.03 Å². The third-order valence-electron chi connectivity index (χ3n) is 5.44. The highest BCUT2D eigenvalue weighted by Crippen LogP contribution is 2.41. The molecule has 1 aliphatic rings. The molecule has 0 spiro atoms. The maximum atomic E-state index is 14.9. The Morgan fingerprint density at radius 1 is 1.34 bits per heavy atom. The van der Waals surface area contributed by atoms with E-state index < -0.39 is 11.4 Å². The number of nitrogens with zero attached hydrogens (tertiary/aromatic N) is 1. The summed E-state index contributed by atoms with van der Waals surface area (Å²) in [4.78, 5) is 25.2. The van der Waals surface area contributed by atoms with Crippen LogP contribution < -0.4 is 10.6 Å². The second-order valence-corrected chi connectivity index (χ2v) is 8.04. The van der Waals surface area contributed by atoms with Gasteiger partial charge in [0.05, 0.1) is 10.6 Å². The Bertz CT molecular complexity index is 718. The lowest BCUT2D eigenvalue weighted by Gasteiger charge is -2.43. The van der Waals surface area contributed by atoms with Crippen LogP contribution in [0.15, 0.2) is 18.2 Å². The second-order valence-electron chi connectivity index (χ2n) is 7.63. The summed E-state index contributed by atoms with van der Waals surface area (Å²) < 4.78 is 14.9. The van der Waals surface area contributed by atoms with Gasteiger partial charge in [0.2, 0.25) is 5.91 Å². The van der Waals surface area contributed by atoms with Crippen LogP contribution >= 0.6 is 11.6 Å². The maximum Gasteiger partial charge on any atom is 0.317 e. The van der Waals surface area contributed by atoms with Gasteiger partial charge in [0.15, 0.2) is 0 Å². The Morgan fingerprint density at radius 2 is 2.10 bits per heavy atom. The zero-order valence-electron chi connectivity index (χ0n) is 17.1. The van der Waals surface area contributed by atoms with Crippen molar-refractivity contribution in [1.82, 2.24) is 15.5 Å². The molecule has 0 radical (unpaired) electrons. The topological polar surface area (TPSA) is 81.7 Å². The highest BCUT2D eigenvalue weighted by molar-refractivity contribution is 6.30. The lowest BCUT2D eigenvalue weighted by atomic mass is 9.74. The Balaban J connectivity index is 2.25. The first-order valence-corrected chi connectivity index (χ1v) is 10.6. The summed E-state index contributed by atoms with van der Waals surface area (Å²) in [5, 5.41) is 17.2. The number of carbonyl (C=O) groups excluding carboxylic acids is 2. The van der Waals surface area contributed by atoms with E-state index in [0.717, 1.165) is 12.8 Å². The average molecular weight is 428 g/mol. The fourth-order valence-corrected chi connectivity index (χ4v) is 4.09. The fraction of sp³-hybridized carbons (Fsp3) is 0.619. The van der Waals surface area contributed by atoms with E-state index in [4.69, 9.17) is 11.6 Å². The number of nitrogens with one attached hydrogen (secondary N) is 2. The summed E-state index contributed by atoms with van der Waals surface area (Å²) in [6.07, 6.45) is 2.95. The third kappa shape index (κ3) is 6.06. The van der Waals surface area contributed by atoms with Crippen molar-refractivity contribution in [2.75, 3.05) is 26.2 Å². The lowest BCUT2D eigenvalue weighted by Crippen LogP contribution is -2.51. The number of hydrogen-bond acceptors (Lipinski definition) is 3. The molecule has 162 valence electrons. The first kappa shape index (κ1) is 23.4. The van der Waals surface area contributed by atoms with E-state index in [9.17, 15) is 19.1 Å². The molecule has 0 bridgehead atoms. The SMILES string of the molecule is CCCNC(=O)N1CCCC(C(O)(CCCNC(C)=O)c2cccc(Cl)c2F)C1. The molecule has 1 saturated heterocycles. The van der Waals surface area contributed by atoms with Crippen molar-refractivity contribution >= 4 is 23.5 Å². The number of benzene rings is 1. The van der Waals surface area contributed by atoms with Crippen LogP contribution in [0.4, 0.5) is 9.18 Å². The number of hydrogen-bond donors (Lipinski definition) is 3. The molecule has 1 aliphatic heterocycles. The number of aliphatic hydroxyl groups is 1. The largest absolute Gasteiger partial charge is 0.385 e. The van der Waals surface area contributed by atoms with Gasteiger partial charge in [0, 0.05) is 44.6 Å². The maximum absolute atomic E-state index is 14.9. The van der Waals surface area contributed by atoms with E-state index in [1.807, 2.05) is 6.92 Å². The van der Waals surface area contributed by atoms with Crippen molar-refractivity contribution in [3.63, 3.8) is 0 Å². The van der Waals surface area contributed by atoms with Crippen molar-refractivity contribution in [2.24, 2.45) is 5.92 Å². The van der Waals surface area contributed by atoms with Crippen molar-refractivity contribution < 1.29 is 19.1 Å². The highest BCUT2D eigenvalue weighted by Gasteiger charge is 2.43. The van der Waals surface area contributed by atoms with Crippen LogP contribution in [0.1, 0.15) is 51.5 Å². The van der Waals surface area contributed by atoms with E-state index in [1.54, 1.807) is 17.0 Å². The summed E-state index contributed by atoms with van der Waals surface area (Å²) in [6, 6.07) is 4.46. The molecule has 2 atom stereocenters. The van der Waals surface area contributed by atoms with Gasteiger partial charge in [-0.25, -0.2) is 9.18 Å². The number of urea groups is 1. The van der Waals surface area contributed by atoms with Gasteiger partial charge in [-0.05, 0) is 38.2 Å². The summed E-state index contributed by atoms with van der Waals surface area (Å²) in [5.41, 5.74) is -1.34. The normalized spacial score (nSPS) is 18.8. The zero-order valence-corrected chi connectivity index (χ0v) is 17.9. The van der Waals surface area contributed by atoms with Crippen molar-refractivity contribution in [2.45, 2.75) is 51.6 Å². The number of amides is 3. The summed E-state index contributed by atoms with van der Waals surface area (Å²) in [5.74, 6) is -1.13. The van der Waals surface area contributed by atoms with Crippen LogP contribution in [0.2, 0.25) is 5.02 Å². The molecule has 2 unspecified atom stereocenters. The molecule has 8 heteroatoms. The van der Waals surface area contributed by atoms with Gasteiger partial charge in [0.25, 0.3) is 0 Å². The van der Waals surface area contributed by atoms with Gasteiger partial charge in [-0.15, -0.1) is 0 Å². The predicted octanol–water partition coefficient (Wildman–Crippen LogP) is 3.41. The van der Waals surface area contributed by atoms with E-state index in [1.165, 1.54) is 13.0 Å². The summed E-state index contributed by atoms with van der Waals surface area (Å²) in [6.45, 7) is 5.31. The number of likely N-dealkylation sites (tertiary alicyclic amines) is 1. The molecular formula is C21H31ClFN3O3. The average Bonchev–Trinajstić information content (AvgIpc) is 2.71. The van der Waals surface area contributed by atoms with Crippen LogP contribution in [-0.2, 0) is 10.4 Å². The predicted molar refractivity (Wildman–Crippen MR) is 111 cm³/mol. The Kier molecular flexibility index (Phi) is 8.71. The first-order valence-electron chi connectivity index (χ1n) is 10.2. The molecule has 1 aromatic rings. The van der Waals surface area contributed by atoms with Crippen LogP contribution in [0.3, 0.4) is 0 Å². The number of rotatable bonds is 8. The highest BCUT2D eigenvalue weighted by atomic mass is 35.5. The summed E-state index contributed by atoms with van der Waals surface area (Å²) >= 11 is 5.98. The molecule has 0 aliphatic carbocycles. The summed E-state index contributed by atoms with van der Waals surface area (Å²) in [7, 11) is 0. The lowest BCUT2D eigenvalue weighted by molar-refractivity contribution is -0.119. The fourth-order valence-electron chi connectivity index (χ4n) is 3.91. The minimum atomic E-state index is -1.49. The molecule has 3 N–H and O–H groups in total. The Labute approximate surface area is 176 Å². The Hall–Kier alpha value is -1.86. The van der Waals surface area contributed by atoms with Crippen LogP contribution in [0.25, 0.3) is 0 Å². The molecule has 1 aromatic carbocycles. The monoisotopic (exact) mass is 427 g/mol. The molecule has 3 amide bonds. The van der Waals surface area contributed by atoms with Gasteiger partial charge < -0.3 is 20.6 Å². The minimum Gasteiger partial charge on any atom is -0.385 e. The smallest absolute Gasteiger partial charge is 0.317 e. The number of halogens is 2. The van der Waals surface area contributed by atoms with Crippen LogP contribution in [0.5, 0.6) is 0 Å². The molecule has 1 heterocycles. The van der Waals surface area contributed by atoms with E-state index >= 15 is 0 Å². The molecule has 2 rings (SSSR count). The molecular weight excluding hydrogens is 397 g/mol. The Morgan fingerprint density at radius 3 is 2.79 bits per heavy atom. The first-order chi connectivity index (χ1) is 13.8. The quantitative estimate of drug-likeness (QED) is 0.556. The van der Waals surface area contributed by atoms with Gasteiger partial charge in [0.1, 0.15) is 5.82 Å². The van der Waals surface area contributed by atoms with E-state index in [0.29, 0.717) is 39.0 Å². The van der Waals surface area contributed by atoms with Gasteiger partial charge in [-0.1, -0.05) is 30.7 Å². The molecule has 1 fully saturated rings. The standard InChI is InChI=1S/C21H31ClFN3O3/c1-3-11-25-20(28)26-13-5-7-16(14-26)21(29,10-6-12-24-15(2)27)17-8-4-9-18(22)19(17)23/h4,8-9,16,29H,3,5-7,10-14H2,1-2H3,(H,24,27)(H,25,28). The van der Waals surface area contributed by atoms with Crippen molar-refractivity contribution in [3.8, 4) is 0 Å². The second kappa shape index (κ2) is 10.8.